The van der Waals surface area contributed by atoms with Crippen molar-refractivity contribution in [2.45, 2.75) is 26.8 Å². The molecule has 1 aromatic rings. The molecule has 1 aromatic heterocycles. The van der Waals surface area contributed by atoms with Gasteiger partial charge in [-0.05, 0) is 19.4 Å². The second kappa shape index (κ2) is 5.82. The van der Waals surface area contributed by atoms with Gasteiger partial charge >= 0.3 is 0 Å². The number of thiazole rings is 1. The monoisotopic (exact) mass is 227 g/mol. The van der Waals surface area contributed by atoms with E-state index < -0.39 is 0 Å². The molecule has 4 nitrogen and oxygen atoms in total. The molecule has 84 valence electrons. The number of aryl methyl sites for hydroxylation is 1. The number of amides is 1. The van der Waals surface area contributed by atoms with Gasteiger partial charge in [-0.25, -0.2) is 4.98 Å². The van der Waals surface area contributed by atoms with Crippen molar-refractivity contribution in [3.63, 3.8) is 0 Å². The van der Waals surface area contributed by atoms with Crippen LogP contribution in [0.1, 0.15) is 24.0 Å². The molecule has 0 radical (unpaired) electrons. The Bertz CT molecular complexity index is 324. The Morgan fingerprint density at radius 3 is 3.00 bits per heavy atom. The van der Waals surface area contributed by atoms with E-state index in [-0.39, 0.29) is 11.8 Å². The molecule has 0 spiro atoms. The Kier molecular flexibility index (Phi) is 4.71. The Balaban J connectivity index is 2.28. The molecule has 1 rings (SSSR count). The molecule has 0 bridgehead atoms. The normalized spacial score (nSPS) is 12.5. The van der Waals surface area contributed by atoms with Crippen LogP contribution in [0.25, 0.3) is 0 Å². The Morgan fingerprint density at radius 2 is 2.47 bits per heavy atom. The zero-order valence-electron chi connectivity index (χ0n) is 9.12. The summed E-state index contributed by atoms with van der Waals surface area (Å²) >= 11 is 1.57. The highest BCUT2D eigenvalue weighted by Gasteiger charge is 2.07. The summed E-state index contributed by atoms with van der Waals surface area (Å²) in [6.07, 6.45) is 0.487. The molecule has 15 heavy (non-hydrogen) atoms. The molecule has 1 heterocycles. The first kappa shape index (κ1) is 12.1. The quantitative estimate of drug-likeness (QED) is 0.790. The van der Waals surface area contributed by atoms with Crippen LogP contribution in [0.2, 0.25) is 0 Å². The Hall–Kier alpha value is -0.940. The predicted octanol–water partition coefficient (Wildman–Crippen LogP) is 1.05. The number of nitrogens with one attached hydrogen (secondary N) is 1. The van der Waals surface area contributed by atoms with Crippen LogP contribution >= 0.6 is 11.3 Å². The van der Waals surface area contributed by atoms with Gasteiger partial charge in [0.05, 0.1) is 6.54 Å². The molecule has 3 N–H and O–H groups in total. The average molecular weight is 227 g/mol. The topological polar surface area (TPSA) is 68.0 Å². The van der Waals surface area contributed by atoms with E-state index >= 15 is 0 Å². The zero-order valence-corrected chi connectivity index (χ0v) is 9.93. The van der Waals surface area contributed by atoms with Gasteiger partial charge in [-0.15, -0.1) is 11.3 Å². The highest BCUT2D eigenvalue weighted by atomic mass is 32.1. The number of aromatic nitrogens is 1. The van der Waals surface area contributed by atoms with Crippen molar-refractivity contribution in [2.75, 3.05) is 6.54 Å². The number of hydrogen-bond donors (Lipinski definition) is 2. The third kappa shape index (κ3) is 4.40. The SMILES string of the molecule is Cc1csc(CNC(=O)CC(C)CN)n1. The molecule has 0 aliphatic rings. The van der Waals surface area contributed by atoms with Crippen molar-refractivity contribution < 1.29 is 4.79 Å². The number of carbonyl (C=O) groups excluding carboxylic acids is 1. The third-order valence-corrected chi connectivity index (χ3v) is 3.01. The van der Waals surface area contributed by atoms with Crippen molar-refractivity contribution in [1.29, 1.82) is 0 Å². The first-order valence-electron chi connectivity index (χ1n) is 4.99. The number of nitrogens with two attached hydrogens (primary N) is 1. The maximum Gasteiger partial charge on any atom is 0.220 e. The van der Waals surface area contributed by atoms with Crippen molar-refractivity contribution in [1.82, 2.24) is 10.3 Å². The van der Waals surface area contributed by atoms with E-state index in [4.69, 9.17) is 5.73 Å². The van der Waals surface area contributed by atoms with Crippen molar-refractivity contribution in [3.8, 4) is 0 Å². The van der Waals surface area contributed by atoms with Crippen LogP contribution in [0.4, 0.5) is 0 Å². The van der Waals surface area contributed by atoms with Gasteiger partial charge in [0.25, 0.3) is 0 Å². The van der Waals surface area contributed by atoms with E-state index in [2.05, 4.69) is 10.3 Å². The van der Waals surface area contributed by atoms with E-state index in [1.807, 2.05) is 19.2 Å². The number of carbonyl (C=O) groups is 1. The molecule has 1 atom stereocenters. The van der Waals surface area contributed by atoms with Gasteiger partial charge in [-0.2, -0.15) is 0 Å². The average Bonchev–Trinajstić information content (AvgIpc) is 2.61. The second-order valence-electron chi connectivity index (χ2n) is 3.70. The lowest BCUT2D eigenvalue weighted by atomic mass is 10.1. The summed E-state index contributed by atoms with van der Waals surface area (Å²) in [4.78, 5) is 15.7. The summed E-state index contributed by atoms with van der Waals surface area (Å²) in [6, 6.07) is 0. The largest absolute Gasteiger partial charge is 0.350 e. The fraction of sp³-hybridized carbons (Fsp3) is 0.600. The van der Waals surface area contributed by atoms with Crippen molar-refractivity contribution >= 4 is 17.2 Å². The summed E-state index contributed by atoms with van der Waals surface area (Å²) in [5.74, 6) is 0.281. The first-order chi connectivity index (χ1) is 7.11. The predicted molar refractivity (Wildman–Crippen MR) is 61.5 cm³/mol. The molecule has 1 unspecified atom stereocenters. The lowest BCUT2D eigenvalue weighted by molar-refractivity contribution is -0.122. The first-order valence-corrected chi connectivity index (χ1v) is 5.87. The van der Waals surface area contributed by atoms with Crippen LogP contribution < -0.4 is 11.1 Å². The molecule has 0 aliphatic heterocycles. The summed E-state index contributed by atoms with van der Waals surface area (Å²) < 4.78 is 0. The molecule has 0 saturated carbocycles. The van der Waals surface area contributed by atoms with E-state index in [1.54, 1.807) is 11.3 Å². The molecular formula is C10H17N3OS. The number of rotatable bonds is 5. The van der Waals surface area contributed by atoms with Crippen molar-refractivity contribution in [3.05, 3.63) is 16.1 Å². The van der Waals surface area contributed by atoms with Crippen LogP contribution in [0.5, 0.6) is 0 Å². The van der Waals surface area contributed by atoms with Gasteiger partial charge in [-0.1, -0.05) is 6.92 Å². The lowest BCUT2D eigenvalue weighted by Crippen LogP contribution is -2.26. The minimum Gasteiger partial charge on any atom is -0.350 e. The standard InChI is InChI=1S/C10H17N3OS/c1-7(4-11)3-9(14)12-5-10-13-8(2)6-15-10/h6-7H,3-5,11H2,1-2H3,(H,12,14). The van der Waals surface area contributed by atoms with Gasteiger partial charge in [0.1, 0.15) is 5.01 Å². The molecule has 5 heteroatoms. The lowest BCUT2D eigenvalue weighted by Gasteiger charge is -2.07. The maximum atomic E-state index is 11.4. The zero-order chi connectivity index (χ0) is 11.3. The molecule has 0 aromatic carbocycles. The summed E-state index contributed by atoms with van der Waals surface area (Å²) in [7, 11) is 0. The van der Waals surface area contributed by atoms with Crippen molar-refractivity contribution in [2.24, 2.45) is 11.7 Å². The third-order valence-electron chi connectivity index (χ3n) is 2.04. The van der Waals surface area contributed by atoms with Crippen LogP contribution in [-0.4, -0.2) is 17.4 Å². The van der Waals surface area contributed by atoms with E-state index in [0.717, 1.165) is 10.7 Å². The van der Waals surface area contributed by atoms with Gasteiger partial charge in [0, 0.05) is 17.5 Å². The minimum atomic E-state index is 0.0424. The van der Waals surface area contributed by atoms with Crippen LogP contribution in [0.3, 0.4) is 0 Å². The molecule has 0 fully saturated rings. The number of nitrogens with zero attached hydrogens (tertiary/aromatic N) is 1. The summed E-state index contributed by atoms with van der Waals surface area (Å²) in [5.41, 5.74) is 6.44. The van der Waals surface area contributed by atoms with E-state index in [1.165, 1.54) is 0 Å². The maximum absolute atomic E-state index is 11.4. The molecule has 1 amide bonds. The van der Waals surface area contributed by atoms with Crippen LogP contribution in [0, 0.1) is 12.8 Å². The van der Waals surface area contributed by atoms with Gasteiger partial charge in [-0.3, -0.25) is 4.79 Å². The minimum absolute atomic E-state index is 0.0424. The van der Waals surface area contributed by atoms with Gasteiger partial charge in [0.2, 0.25) is 5.91 Å². The Morgan fingerprint density at radius 1 is 1.73 bits per heavy atom. The highest BCUT2D eigenvalue weighted by molar-refractivity contribution is 7.09. The molecular weight excluding hydrogens is 210 g/mol. The second-order valence-corrected chi connectivity index (χ2v) is 4.65. The van der Waals surface area contributed by atoms with E-state index in [0.29, 0.717) is 19.5 Å². The summed E-state index contributed by atoms with van der Waals surface area (Å²) in [6.45, 7) is 4.98. The molecule has 0 aliphatic carbocycles. The Labute approximate surface area is 93.9 Å². The van der Waals surface area contributed by atoms with E-state index in [9.17, 15) is 4.79 Å². The van der Waals surface area contributed by atoms with Crippen LogP contribution in [-0.2, 0) is 11.3 Å². The van der Waals surface area contributed by atoms with Gasteiger partial charge < -0.3 is 11.1 Å². The van der Waals surface area contributed by atoms with Crippen LogP contribution in [0.15, 0.2) is 5.38 Å². The highest BCUT2D eigenvalue weighted by Crippen LogP contribution is 2.08. The number of hydrogen-bond acceptors (Lipinski definition) is 4. The summed E-state index contributed by atoms with van der Waals surface area (Å²) in [5, 5.41) is 5.75. The molecule has 0 saturated heterocycles. The fourth-order valence-corrected chi connectivity index (χ4v) is 1.84. The smallest absolute Gasteiger partial charge is 0.220 e. The fourth-order valence-electron chi connectivity index (χ4n) is 1.13. The van der Waals surface area contributed by atoms with Gasteiger partial charge in [0.15, 0.2) is 0 Å².